The largest absolute Gasteiger partial charge is 0.494 e. The maximum absolute atomic E-state index is 5.66. The average molecular weight is 303 g/mol. The van der Waals surface area contributed by atoms with Crippen LogP contribution in [0.25, 0.3) is 0 Å². The normalized spacial score (nSPS) is 10.6. The Balaban J connectivity index is 1.74. The second kappa shape index (κ2) is 7.31. The molecule has 0 radical (unpaired) electrons. The zero-order valence-corrected chi connectivity index (χ0v) is 13.5. The van der Waals surface area contributed by atoms with Crippen molar-refractivity contribution in [2.45, 2.75) is 32.3 Å². The van der Waals surface area contributed by atoms with Gasteiger partial charge >= 0.3 is 0 Å². The van der Waals surface area contributed by atoms with Crippen molar-refractivity contribution >= 4 is 17.4 Å². The van der Waals surface area contributed by atoms with E-state index in [1.165, 1.54) is 5.56 Å². The Bertz CT molecular complexity index is 576. The molecule has 4 nitrogen and oxygen atoms in total. The summed E-state index contributed by atoms with van der Waals surface area (Å²) in [7, 11) is 0. The van der Waals surface area contributed by atoms with Crippen molar-refractivity contribution in [2.24, 2.45) is 0 Å². The van der Waals surface area contributed by atoms with Gasteiger partial charge in [-0.1, -0.05) is 11.8 Å². The fourth-order valence-corrected chi connectivity index (χ4v) is 2.63. The van der Waals surface area contributed by atoms with E-state index in [0.29, 0.717) is 6.61 Å². The molecule has 1 aromatic heterocycles. The number of aromatic nitrogens is 2. The molecule has 0 aliphatic heterocycles. The Labute approximate surface area is 130 Å². The Morgan fingerprint density at radius 2 is 1.67 bits per heavy atom. The van der Waals surface area contributed by atoms with E-state index in [-0.39, 0.29) is 0 Å². The van der Waals surface area contributed by atoms with Gasteiger partial charge < -0.3 is 10.5 Å². The van der Waals surface area contributed by atoms with Gasteiger partial charge in [0, 0.05) is 22.8 Å². The summed E-state index contributed by atoms with van der Waals surface area (Å²) in [5.74, 6) is 1.80. The minimum absolute atomic E-state index is 0.681. The first kappa shape index (κ1) is 15.6. The van der Waals surface area contributed by atoms with Gasteiger partial charge in [-0.25, -0.2) is 9.97 Å². The standard InChI is InChI=1S/C16H21N3OS/c1-11-12(2)18-16(19-13(11)3)21-10-4-9-20-15-7-5-14(17)6-8-15/h5-8H,4,9-10,17H2,1-3H3. The maximum atomic E-state index is 5.66. The molecule has 2 rings (SSSR count). The van der Waals surface area contributed by atoms with Gasteiger partial charge in [0.1, 0.15) is 5.75 Å². The number of thioether (sulfide) groups is 1. The van der Waals surface area contributed by atoms with Gasteiger partial charge in [-0.3, -0.25) is 0 Å². The predicted octanol–water partition coefficient (Wildman–Crippen LogP) is 3.55. The monoisotopic (exact) mass is 303 g/mol. The molecule has 0 unspecified atom stereocenters. The summed E-state index contributed by atoms with van der Waals surface area (Å²) >= 11 is 1.67. The molecule has 1 heterocycles. The molecule has 0 aliphatic carbocycles. The quantitative estimate of drug-likeness (QED) is 0.383. The molecular formula is C16H21N3OS. The van der Waals surface area contributed by atoms with Crippen LogP contribution in [0.5, 0.6) is 5.75 Å². The van der Waals surface area contributed by atoms with Gasteiger partial charge in [-0.2, -0.15) is 0 Å². The molecule has 5 heteroatoms. The van der Waals surface area contributed by atoms with E-state index in [1.807, 2.05) is 38.1 Å². The van der Waals surface area contributed by atoms with Gasteiger partial charge in [-0.15, -0.1) is 0 Å². The zero-order chi connectivity index (χ0) is 15.2. The minimum Gasteiger partial charge on any atom is -0.494 e. The molecule has 21 heavy (non-hydrogen) atoms. The van der Waals surface area contributed by atoms with Crippen molar-refractivity contribution < 1.29 is 4.74 Å². The van der Waals surface area contributed by atoms with Crippen LogP contribution >= 0.6 is 11.8 Å². The second-order valence-corrected chi connectivity index (χ2v) is 5.98. The van der Waals surface area contributed by atoms with Crippen LogP contribution in [-0.4, -0.2) is 22.3 Å². The van der Waals surface area contributed by atoms with Gasteiger partial charge in [0.2, 0.25) is 0 Å². The number of rotatable bonds is 6. The molecule has 0 atom stereocenters. The molecule has 0 saturated carbocycles. The maximum Gasteiger partial charge on any atom is 0.187 e. The number of ether oxygens (including phenoxy) is 1. The molecule has 2 aromatic rings. The summed E-state index contributed by atoms with van der Waals surface area (Å²) < 4.78 is 5.66. The molecule has 1 aromatic carbocycles. The van der Waals surface area contributed by atoms with Crippen LogP contribution in [0.3, 0.4) is 0 Å². The molecule has 0 spiro atoms. The van der Waals surface area contributed by atoms with Gasteiger partial charge in [0.15, 0.2) is 5.16 Å². The van der Waals surface area contributed by atoms with Crippen LogP contribution in [-0.2, 0) is 0 Å². The summed E-state index contributed by atoms with van der Waals surface area (Å²) in [4.78, 5) is 8.99. The first-order valence-corrected chi connectivity index (χ1v) is 7.98. The number of hydrogen-bond donors (Lipinski definition) is 1. The third-order valence-electron chi connectivity index (χ3n) is 3.28. The predicted molar refractivity (Wildman–Crippen MR) is 87.9 cm³/mol. The van der Waals surface area contributed by atoms with Crippen LogP contribution in [0.15, 0.2) is 29.4 Å². The molecule has 112 valence electrons. The van der Waals surface area contributed by atoms with Gasteiger partial charge in [0.05, 0.1) is 6.61 Å². The van der Waals surface area contributed by atoms with Gasteiger partial charge in [-0.05, 0) is 57.0 Å². The fraction of sp³-hybridized carbons (Fsp3) is 0.375. The van der Waals surface area contributed by atoms with Crippen LogP contribution in [0.1, 0.15) is 23.4 Å². The van der Waals surface area contributed by atoms with Crippen molar-refractivity contribution in [3.05, 3.63) is 41.2 Å². The lowest BCUT2D eigenvalue weighted by atomic mass is 10.2. The van der Waals surface area contributed by atoms with E-state index >= 15 is 0 Å². The molecule has 0 fully saturated rings. The Morgan fingerprint density at radius 1 is 1.05 bits per heavy atom. The molecule has 0 amide bonds. The third kappa shape index (κ3) is 4.63. The molecule has 2 N–H and O–H groups in total. The Kier molecular flexibility index (Phi) is 5.44. The number of hydrogen-bond acceptors (Lipinski definition) is 5. The third-order valence-corrected chi connectivity index (χ3v) is 4.21. The van der Waals surface area contributed by atoms with Gasteiger partial charge in [0.25, 0.3) is 0 Å². The van der Waals surface area contributed by atoms with E-state index in [9.17, 15) is 0 Å². The van der Waals surface area contributed by atoms with Crippen molar-refractivity contribution in [1.29, 1.82) is 0 Å². The lowest BCUT2D eigenvalue weighted by Gasteiger charge is -2.08. The molecule has 0 aliphatic rings. The Hall–Kier alpha value is -1.75. The molecule has 0 saturated heterocycles. The summed E-state index contributed by atoms with van der Waals surface area (Å²) in [6.45, 7) is 6.79. The SMILES string of the molecule is Cc1nc(SCCCOc2ccc(N)cc2)nc(C)c1C. The Morgan fingerprint density at radius 3 is 2.29 bits per heavy atom. The first-order chi connectivity index (χ1) is 10.1. The van der Waals surface area contributed by atoms with Crippen molar-refractivity contribution in [3.63, 3.8) is 0 Å². The van der Waals surface area contributed by atoms with E-state index < -0.39 is 0 Å². The van der Waals surface area contributed by atoms with Crippen LogP contribution < -0.4 is 10.5 Å². The average Bonchev–Trinajstić information content (AvgIpc) is 2.46. The first-order valence-electron chi connectivity index (χ1n) is 6.99. The number of benzene rings is 1. The highest BCUT2D eigenvalue weighted by molar-refractivity contribution is 7.99. The number of nitrogen functional groups attached to an aromatic ring is 1. The van der Waals surface area contributed by atoms with E-state index in [1.54, 1.807) is 11.8 Å². The van der Waals surface area contributed by atoms with Crippen molar-refractivity contribution in [2.75, 3.05) is 18.1 Å². The van der Waals surface area contributed by atoms with E-state index in [0.717, 1.165) is 40.2 Å². The van der Waals surface area contributed by atoms with Crippen LogP contribution in [0, 0.1) is 20.8 Å². The van der Waals surface area contributed by atoms with Crippen molar-refractivity contribution in [1.82, 2.24) is 9.97 Å². The van der Waals surface area contributed by atoms with Crippen molar-refractivity contribution in [3.8, 4) is 5.75 Å². The minimum atomic E-state index is 0.681. The fourth-order valence-electron chi connectivity index (χ4n) is 1.78. The highest BCUT2D eigenvalue weighted by Gasteiger charge is 2.04. The lowest BCUT2D eigenvalue weighted by Crippen LogP contribution is -2.01. The second-order valence-electron chi connectivity index (χ2n) is 4.92. The van der Waals surface area contributed by atoms with Crippen LogP contribution in [0.4, 0.5) is 5.69 Å². The summed E-state index contributed by atoms with van der Waals surface area (Å²) in [5, 5.41) is 0.850. The van der Waals surface area contributed by atoms with E-state index in [4.69, 9.17) is 10.5 Å². The van der Waals surface area contributed by atoms with E-state index in [2.05, 4.69) is 16.9 Å². The number of nitrogens with two attached hydrogens (primary N) is 1. The number of aryl methyl sites for hydroxylation is 2. The molecule has 0 bridgehead atoms. The van der Waals surface area contributed by atoms with Crippen LogP contribution in [0.2, 0.25) is 0 Å². The number of nitrogens with zero attached hydrogens (tertiary/aromatic N) is 2. The highest BCUT2D eigenvalue weighted by Crippen LogP contribution is 2.18. The zero-order valence-electron chi connectivity index (χ0n) is 12.7. The summed E-state index contributed by atoms with van der Waals surface area (Å²) in [6, 6.07) is 7.46. The number of anilines is 1. The summed E-state index contributed by atoms with van der Waals surface area (Å²) in [5.41, 5.74) is 9.67. The topological polar surface area (TPSA) is 61.0 Å². The highest BCUT2D eigenvalue weighted by atomic mass is 32.2. The molecular weight excluding hydrogens is 282 g/mol. The summed E-state index contributed by atoms with van der Waals surface area (Å²) in [6.07, 6.45) is 0.949. The smallest absolute Gasteiger partial charge is 0.187 e. The lowest BCUT2D eigenvalue weighted by molar-refractivity contribution is 0.319.